The number of hydrogen-bond acceptors (Lipinski definition) is 1. The maximum Gasteiger partial charge on any atom is 0.0547 e. The third kappa shape index (κ3) is 5.96. The molecular formula is C60H40N2. The van der Waals surface area contributed by atoms with Crippen molar-refractivity contribution in [3.63, 3.8) is 0 Å². The van der Waals surface area contributed by atoms with Crippen molar-refractivity contribution < 1.29 is 0 Å². The van der Waals surface area contributed by atoms with Crippen LogP contribution in [0.5, 0.6) is 0 Å². The molecule has 62 heavy (non-hydrogen) atoms. The average Bonchev–Trinajstić information content (AvgIpc) is 3.70. The van der Waals surface area contributed by atoms with Gasteiger partial charge in [-0.1, -0.05) is 182 Å². The SMILES string of the molecule is c1ccc(-c2ccccc2-c2ccc(N(c3cccc(-c4cccc5c4c4c6ccccc6ccc4n5-c4ccccc4)c3)c3ccc4c(ccc5ccccc54)c3)cc2)cc1. The molecule has 0 spiro atoms. The van der Waals surface area contributed by atoms with E-state index in [1.165, 1.54) is 87.5 Å². The minimum Gasteiger partial charge on any atom is -0.310 e. The molecule has 0 aliphatic heterocycles. The predicted molar refractivity (Wildman–Crippen MR) is 264 cm³/mol. The first-order chi connectivity index (χ1) is 30.8. The summed E-state index contributed by atoms with van der Waals surface area (Å²) in [5, 5.41) is 10.00. The van der Waals surface area contributed by atoms with Gasteiger partial charge in [0.2, 0.25) is 0 Å². The lowest BCUT2D eigenvalue weighted by atomic mass is 9.94. The molecule has 0 saturated heterocycles. The molecule has 1 aromatic heterocycles. The van der Waals surface area contributed by atoms with Crippen LogP contribution in [0.3, 0.4) is 0 Å². The van der Waals surface area contributed by atoms with Crippen LogP contribution >= 0.6 is 0 Å². The second-order valence-corrected chi connectivity index (χ2v) is 16.1. The van der Waals surface area contributed by atoms with Crippen molar-refractivity contribution in [3.8, 4) is 39.1 Å². The summed E-state index contributed by atoms with van der Waals surface area (Å²) in [6.07, 6.45) is 0. The molecule has 0 unspecified atom stereocenters. The van der Waals surface area contributed by atoms with Gasteiger partial charge in [0.15, 0.2) is 0 Å². The Labute approximate surface area is 360 Å². The average molecular weight is 789 g/mol. The van der Waals surface area contributed by atoms with Crippen molar-refractivity contribution >= 4 is 71.2 Å². The van der Waals surface area contributed by atoms with E-state index in [2.05, 4.69) is 252 Å². The van der Waals surface area contributed by atoms with Gasteiger partial charge in [0.25, 0.3) is 0 Å². The van der Waals surface area contributed by atoms with Crippen molar-refractivity contribution in [1.29, 1.82) is 0 Å². The van der Waals surface area contributed by atoms with E-state index in [0.29, 0.717) is 0 Å². The van der Waals surface area contributed by atoms with E-state index in [-0.39, 0.29) is 0 Å². The van der Waals surface area contributed by atoms with Gasteiger partial charge in [-0.2, -0.15) is 0 Å². The molecular weight excluding hydrogens is 749 g/mol. The molecule has 0 fully saturated rings. The largest absolute Gasteiger partial charge is 0.310 e. The van der Waals surface area contributed by atoms with Gasteiger partial charge in [0.1, 0.15) is 0 Å². The minimum absolute atomic E-state index is 1.09. The molecule has 0 bridgehead atoms. The van der Waals surface area contributed by atoms with Gasteiger partial charge in [-0.05, 0) is 126 Å². The third-order valence-corrected chi connectivity index (χ3v) is 12.5. The van der Waals surface area contributed by atoms with E-state index in [4.69, 9.17) is 0 Å². The molecule has 0 N–H and O–H groups in total. The van der Waals surface area contributed by atoms with Crippen LogP contribution in [0, 0.1) is 0 Å². The number of rotatable bonds is 7. The summed E-state index contributed by atoms with van der Waals surface area (Å²) in [6.45, 7) is 0. The van der Waals surface area contributed by atoms with E-state index in [9.17, 15) is 0 Å². The second-order valence-electron chi connectivity index (χ2n) is 16.1. The highest BCUT2D eigenvalue weighted by Crippen LogP contribution is 2.44. The van der Waals surface area contributed by atoms with Crippen molar-refractivity contribution in [1.82, 2.24) is 4.57 Å². The van der Waals surface area contributed by atoms with Crippen LogP contribution in [-0.4, -0.2) is 4.57 Å². The Morgan fingerprint density at radius 3 is 1.60 bits per heavy atom. The molecule has 1 heterocycles. The number of anilines is 3. The smallest absolute Gasteiger partial charge is 0.0547 e. The van der Waals surface area contributed by atoms with E-state index in [0.717, 1.165) is 22.7 Å². The van der Waals surface area contributed by atoms with Gasteiger partial charge < -0.3 is 9.47 Å². The molecule has 290 valence electrons. The van der Waals surface area contributed by atoms with Crippen LogP contribution < -0.4 is 4.90 Å². The quantitative estimate of drug-likeness (QED) is 0.146. The summed E-state index contributed by atoms with van der Waals surface area (Å²) in [7, 11) is 0. The zero-order valence-electron chi connectivity index (χ0n) is 34.0. The molecule has 2 heteroatoms. The normalized spacial score (nSPS) is 11.5. The Morgan fingerprint density at radius 1 is 0.274 bits per heavy atom. The molecule has 0 aliphatic rings. The Bertz CT molecular complexity index is 3620. The summed E-state index contributed by atoms with van der Waals surface area (Å²) in [5.74, 6) is 0. The molecule has 2 nitrogen and oxygen atoms in total. The Hall–Kier alpha value is -8.20. The van der Waals surface area contributed by atoms with Gasteiger partial charge in [0, 0.05) is 33.5 Å². The second kappa shape index (κ2) is 14.8. The summed E-state index contributed by atoms with van der Waals surface area (Å²) in [5.41, 5.74) is 14.0. The first-order valence-electron chi connectivity index (χ1n) is 21.3. The zero-order chi connectivity index (χ0) is 41.0. The van der Waals surface area contributed by atoms with Crippen molar-refractivity contribution in [2.75, 3.05) is 4.90 Å². The number of nitrogens with zero attached hydrogens (tertiary/aromatic N) is 2. The Morgan fingerprint density at radius 2 is 0.806 bits per heavy atom. The topological polar surface area (TPSA) is 8.17 Å². The van der Waals surface area contributed by atoms with Crippen molar-refractivity contribution in [2.45, 2.75) is 0 Å². The molecule has 0 saturated carbocycles. The highest BCUT2D eigenvalue weighted by Gasteiger charge is 2.20. The van der Waals surface area contributed by atoms with E-state index in [1.54, 1.807) is 0 Å². The Kier molecular flexibility index (Phi) is 8.53. The van der Waals surface area contributed by atoms with Gasteiger partial charge in [-0.25, -0.2) is 0 Å². The summed E-state index contributed by atoms with van der Waals surface area (Å²) in [4.78, 5) is 2.41. The molecule has 0 atom stereocenters. The number of aromatic nitrogens is 1. The highest BCUT2D eigenvalue weighted by atomic mass is 15.1. The first kappa shape index (κ1) is 35.7. The van der Waals surface area contributed by atoms with Crippen LogP contribution in [0.1, 0.15) is 0 Å². The minimum atomic E-state index is 1.09. The summed E-state index contributed by atoms with van der Waals surface area (Å²) >= 11 is 0. The van der Waals surface area contributed by atoms with E-state index < -0.39 is 0 Å². The Balaban J connectivity index is 1.05. The van der Waals surface area contributed by atoms with Gasteiger partial charge in [-0.3, -0.25) is 0 Å². The maximum atomic E-state index is 2.42. The van der Waals surface area contributed by atoms with Gasteiger partial charge in [-0.15, -0.1) is 0 Å². The molecule has 12 aromatic rings. The van der Waals surface area contributed by atoms with Gasteiger partial charge >= 0.3 is 0 Å². The van der Waals surface area contributed by atoms with Crippen LogP contribution in [0.2, 0.25) is 0 Å². The first-order valence-corrected chi connectivity index (χ1v) is 21.3. The lowest BCUT2D eigenvalue weighted by Gasteiger charge is -2.27. The number of fused-ring (bicyclic) bond motifs is 8. The fraction of sp³-hybridized carbons (Fsp3) is 0. The fourth-order valence-electron chi connectivity index (χ4n) is 9.72. The van der Waals surface area contributed by atoms with Crippen LogP contribution in [0.15, 0.2) is 243 Å². The van der Waals surface area contributed by atoms with Gasteiger partial charge in [0.05, 0.1) is 11.0 Å². The van der Waals surface area contributed by atoms with Crippen LogP contribution in [0.4, 0.5) is 17.1 Å². The van der Waals surface area contributed by atoms with E-state index >= 15 is 0 Å². The predicted octanol–water partition coefficient (Wildman–Crippen LogP) is 16.7. The zero-order valence-corrected chi connectivity index (χ0v) is 34.0. The third-order valence-electron chi connectivity index (χ3n) is 12.5. The summed E-state index contributed by atoms with van der Waals surface area (Å²) in [6, 6.07) is 88.5. The molecule has 0 radical (unpaired) electrons. The molecule has 0 aliphatic carbocycles. The fourth-order valence-corrected chi connectivity index (χ4v) is 9.72. The van der Waals surface area contributed by atoms with E-state index in [1.807, 2.05) is 0 Å². The lowest BCUT2D eigenvalue weighted by Crippen LogP contribution is -2.10. The standard InChI is InChI=1S/C60H40N2/c1-3-15-41(16-4-1)51-24-11-12-25-53(51)44-31-34-48(35-32-44)61(50-36-37-54-46(40-50)30-29-42-17-7-9-23-52(42)54)49-22-13-19-45(39-49)56-27-14-28-57-60(56)59-55-26-10-8-18-43(55)33-38-58(59)62(57)47-20-5-2-6-21-47/h1-40H. The molecule has 11 aromatic carbocycles. The molecule has 12 rings (SSSR count). The number of benzene rings is 11. The number of para-hydroxylation sites is 1. The monoisotopic (exact) mass is 788 g/mol. The summed E-state index contributed by atoms with van der Waals surface area (Å²) < 4.78 is 2.42. The van der Waals surface area contributed by atoms with Crippen molar-refractivity contribution in [2.24, 2.45) is 0 Å². The highest BCUT2D eigenvalue weighted by molar-refractivity contribution is 6.25. The number of hydrogen-bond donors (Lipinski definition) is 0. The van der Waals surface area contributed by atoms with Crippen molar-refractivity contribution in [3.05, 3.63) is 243 Å². The molecule has 0 amide bonds. The maximum absolute atomic E-state index is 2.42. The lowest BCUT2D eigenvalue weighted by molar-refractivity contribution is 1.18. The van der Waals surface area contributed by atoms with Crippen LogP contribution in [0.25, 0.3) is 93.2 Å². The van der Waals surface area contributed by atoms with Crippen LogP contribution in [-0.2, 0) is 0 Å².